The van der Waals surface area contributed by atoms with E-state index in [1.54, 1.807) is 0 Å². The van der Waals surface area contributed by atoms with Crippen LogP contribution in [-0.4, -0.2) is 28.2 Å². The van der Waals surface area contributed by atoms with Crippen LogP contribution in [0.2, 0.25) is 0 Å². The highest BCUT2D eigenvalue weighted by Gasteiger charge is 2.14. The number of amides is 1. The summed E-state index contributed by atoms with van der Waals surface area (Å²) in [5, 5.41) is 6.01. The van der Waals surface area contributed by atoms with Gasteiger partial charge in [0.05, 0.1) is 11.1 Å². The van der Waals surface area contributed by atoms with Gasteiger partial charge >= 0.3 is 0 Å². The zero-order valence-corrected chi connectivity index (χ0v) is 17.7. The Bertz CT molecular complexity index is 1090. The van der Waals surface area contributed by atoms with Crippen molar-refractivity contribution in [1.82, 2.24) is 15.3 Å². The number of aromatic nitrogens is 2. The zero-order chi connectivity index (χ0) is 20.1. The zero-order valence-electron chi connectivity index (χ0n) is 16.1. The van der Waals surface area contributed by atoms with E-state index in [2.05, 4.69) is 21.4 Å². The molecule has 0 saturated carbocycles. The Morgan fingerprint density at radius 3 is 2.90 bits per heavy atom. The van der Waals surface area contributed by atoms with Gasteiger partial charge in [-0.2, -0.15) is 0 Å². The molecule has 5 nitrogen and oxygen atoms in total. The lowest BCUT2D eigenvalue weighted by Gasteiger charge is -2.12. The van der Waals surface area contributed by atoms with E-state index in [4.69, 9.17) is 0 Å². The largest absolute Gasteiger partial charge is 0.355 e. The number of thiophene rings is 1. The standard InChI is InChI=1S/C22H23N3O2S2/c26-18(23-12-11-15-7-3-1-4-8-15)14-29-22-24-20(27)19-17(13-28-21(19)25-22)16-9-5-2-6-10-16/h2,5-7,9-10,13H,1,3-4,8,11-12,14H2,(H,23,26)(H,24,25,27). The molecule has 0 saturated heterocycles. The fourth-order valence-corrected chi connectivity index (χ4v) is 5.20. The van der Waals surface area contributed by atoms with Crippen molar-refractivity contribution in [1.29, 1.82) is 0 Å². The van der Waals surface area contributed by atoms with E-state index in [1.165, 1.54) is 41.5 Å². The molecule has 2 aromatic heterocycles. The molecule has 0 fully saturated rings. The number of nitrogens with zero attached hydrogens (tertiary/aromatic N) is 1. The molecule has 3 aromatic rings. The van der Waals surface area contributed by atoms with Gasteiger partial charge in [0.25, 0.3) is 5.56 Å². The van der Waals surface area contributed by atoms with Crippen LogP contribution in [0, 0.1) is 0 Å². The predicted molar refractivity (Wildman–Crippen MR) is 121 cm³/mol. The summed E-state index contributed by atoms with van der Waals surface area (Å²) in [6.45, 7) is 0.666. The molecule has 1 aliphatic carbocycles. The number of rotatable bonds is 7. The van der Waals surface area contributed by atoms with Crippen LogP contribution in [0.15, 0.2) is 57.3 Å². The number of thioether (sulfide) groups is 1. The number of nitrogens with one attached hydrogen (secondary N) is 2. The van der Waals surface area contributed by atoms with E-state index >= 15 is 0 Å². The highest BCUT2D eigenvalue weighted by Crippen LogP contribution is 2.31. The lowest BCUT2D eigenvalue weighted by Crippen LogP contribution is -2.26. The third-order valence-electron chi connectivity index (χ3n) is 5.00. The summed E-state index contributed by atoms with van der Waals surface area (Å²) in [6.07, 6.45) is 8.08. The molecule has 1 aliphatic rings. The summed E-state index contributed by atoms with van der Waals surface area (Å²) >= 11 is 2.71. The van der Waals surface area contributed by atoms with Crippen LogP contribution in [-0.2, 0) is 4.79 Å². The van der Waals surface area contributed by atoms with Gasteiger partial charge < -0.3 is 10.3 Å². The van der Waals surface area contributed by atoms with Crippen molar-refractivity contribution in [2.24, 2.45) is 0 Å². The van der Waals surface area contributed by atoms with Gasteiger partial charge in [0, 0.05) is 17.5 Å². The Morgan fingerprint density at radius 2 is 2.10 bits per heavy atom. The second-order valence-corrected chi connectivity index (χ2v) is 8.89. The minimum atomic E-state index is -0.165. The number of hydrogen-bond donors (Lipinski definition) is 2. The molecule has 0 aliphatic heterocycles. The third kappa shape index (κ3) is 4.97. The number of carbonyl (C=O) groups is 1. The molecule has 2 heterocycles. The highest BCUT2D eigenvalue weighted by molar-refractivity contribution is 7.99. The van der Waals surface area contributed by atoms with Gasteiger partial charge in [-0.3, -0.25) is 9.59 Å². The number of hydrogen-bond acceptors (Lipinski definition) is 5. The highest BCUT2D eigenvalue weighted by atomic mass is 32.2. The molecule has 0 radical (unpaired) electrons. The molecular weight excluding hydrogens is 402 g/mol. The topological polar surface area (TPSA) is 74.8 Å². The smallest absolute Gasteiger partial charge is 0.260 e. The molecule has 150 valence electrons. The van der Waals surface area contributed by atoms with Crippen molar-refractivity contribution >= 4 is 39.2 Å². The first-order valence-electron chi connectivity index (χ1n) is 9.85. The third-order valence-corrected chi connectivity index (χ3v) is 6.75. The molecule has 0 unspecified atom stereocenters. The first-order chi connectivity index (χ1) is 14.2. The summed E-state index contributed by atoms with van der Waals surface area (Å²) in [4.78, 5) is 32.8. The van der Waals surface area contributed by atoms with Crippen molar-refractivity contribution in [2.45, 2.75) is 37.3 Å². The average molecular weight is 426 g/mol. The monoisotopic (exact) mass is 425 g/mol. The van der Waals surface area contributed by atoms with Gasteiger partial charge in [-0.1, -0.05) is 53.7 Å². The molecule has 0 atom stereocenters. The lowest BCUT2D eigenvalue weighted by molar-refractivity contribution is -0.118. The Morgan fingerprint density at radius 1 is 1.24 bits per heavy atom. The summed E-state index contributed by atoms with van der Waals surface area (Å²) in [6, 6.07) is 9.82. The van der Waals surface area contributed by atoms with Gasteiger partial charge in [0.2, 0.25) is 5.91 Å². The van der Waals surface area contributed by atoms with E-state index in [-0.39, 0.29) is 17.2 Å². The van der Waals surface area contributed by atoms with Crippen molar-refractivity contribution < 1.29 is 4.79 Å². The average Bonchev–Trinajstić information content (AvgIpc) is 3.18. The van der Waals surface area contributed by atoms with Crippen molar-refractivity contribution in [3.8, 4) is 11.1 Å². The van der Waals surface area contributed by atoms with Gasteiger partial charge in [0.15, 0.2) is 5.16 Å². The number of H-pyrrole nitrogens is 1. The molecule has 0 bridgehead atoms. The van der Waals surface area contributed by atoms with Crippen molar-refractivity contribution in [3.63, 3.8) is 0 Å². The Kier molecular flexibility index (Phi) is 6.46. The van der Waals surface area contributed by atoms with E-state index in [0.29, 0.717) is 21.9 Å². The molecule has 4 rings (SSSR count). The first-order valence-corrected chi connectivity index (χ1v) is 11.7. The molecule has 2 N–H and O–H groups in total. The van der Waals surface area contributed by atoms with Crippen LogP contribution in [0.1, 0.15) is 32.1 Å². The summed E-state index contributed by atoms with van der Waals surface area (Å²) in [7, 11) is 0. The maximum Gasteiger partial charge on any atom is 0.260 e. The SMILES string of the molecule is O=C(CSc1nc2scc(-c3ccccc3)c2c(=O)[nH]1)NCCC1=CCCCC1. The van der Waals surface area contributed by atoms with Crippen LogP contribution in [0.3, 0.4) is 0 Å². The fraction of sp³-hybridized carbons (Fsp3) is 0.318. The Labute approximate surface area is 177 Å². The number of fused-ring (bicyclic) bond motifs is 1. The maximum atomic E-state index is 12.6. The molecule has 1 aromatic carbocycles. The Balaban J connectivity index is 1.37. The van der Waals surface area contributed by atoms with Gasteiger partial charge in [0.1, 0.15) is 4.83 Å². The van der Waals surface area contributed by atoms with Crippen LogP contribution < -0.4 is 10.9 Å². The first kappa shape index (κ1) is 19.9. The fourth-order valence-electron chi connectivity index (χ4n) is 3.51. The van der Waals surface area contributed by atoms with Crippen molar-refractivity contribution in [3.05, 3.63) is 57.7 Å². The van der Waals surface area contributed by atoms with E-state index in [0.717, 1.165) is 30.4 Å². The summed E-state index contributed by atoms with van der Waals surface area (Å²) in [5.41, 5.74) is 3.18. The van der Waals surface area contributed by atoms with Crippen LogP contribution in [0.5, 0.6) is 0 Å². The normalized spacial score (nSPS) is 14.0. The minimum Gasteiger partial charge on any atom is -0.355 e. The number of benzene rings is 1. The maximum absolute atomic E-state index is 12.6. The summed E-state index contributed by atoms with van der Waals surface area (Å²) in [5.74, 6) is 0.204. The number of carbonyl (C=O) groups excluding carboxylic acids is 1. The van der Waals surface area contributed by atoms with Crippen LogP contribution in [0.4, 0.5) is 0 Å². The Hall–Kier alpha value is -2.38. The van der Waals surface area contributed by atoms with Crippen LogP contribution >= 0.6 is 23.1 Å². The van der Waals surface area contributed by atoms with Crippen LogP contribution in [0.25, 0.3) is 21.3 Å². The van der Waals surface area contributed by atoms with E-state index in [1.807, 2.05) is 35.7 Å². The molecular formula is C22H23N3O2S2. The van der Waals surface area contributed by atoms with Gasteiger partial charge in [-0.05, 0) is 37.7 Å². The number of aromatic amines is 1. The number of allylic oxidation sites excluding steroid dienone is 1. The van der Waals surface area contributed by atoms with E-state index in [9.17, 15) is 9.59 Å². The molecule has 29 heavy (non-hydrogen) atoms. The lowest BCUT2D eigenvalue weighted by atomic mass is 9.97. The quantitative estimate of drug-likeness (QED) is 0.325. The summed E-state index contributed by atoms with van der Waals surface area (Å²) < 4.78 is 0. The van der Waals surface area contributed by atoms with Gasteiger partial charge in [-0.15, -0.1) is 11.3 Å². The van der Waals surface area contributed by atoms with Crippen molar-refractivity contribution in [2.75, 3.05) is 12.3 Å². The second-order valence-electron chi connectivity index (χ2n) is 7.06. The minimum absolute atomic E-state index is 0.0368. The molecule has 0 spiro atoms. The predicted octanol–water partition coefficient (Wildman–Crippen LogP) is 4.75. The molecule has 1 amide bonds. The van der Waals surface area contributed by atoms with Gasteiger partial charge in [-0.25, -0.2) is 4.98 Å². The second kappa shape index (κ2) is 9.41. The molecule has 7 heteroatoms. The van der Waals surface area contributed by atoms with E-state index < -0.39 is 0 Å².